The molecule has 3 fully saturated rings. The van der Waals surface area contributed by atoms with Crippen molar-refractivity contribution in [2.24, 2.45) is 5.92 Å². The first kappa shape index (κ1) is 27.3. The van der Waals surface area contributed by atoms with Crippen LogP contribution in [0.15, 0.2) is 30.3 Å². The Labute approximate surface area is 233 Å². The van der Waals surface area contributed by atoms with Crippen molar-refractivity contribution in [2.75, 3.05) is 63.3 Å². The molecule has 0 bridgehead atoms. The molecule has 40 heavy (non-hydrogen) atoms. The number of aromatic nitrogens is 4. The summed E-state index contributed by atoms with van der Waals surface area (Å²) in [5.41, 5.74) is 1.11. The van der Waals surface area contributed by atoms with Gasteiger partial charge in [0.05, 0.1) is 30.9 Å². The molecular formula is C29H39F2N7O2. The minimum Gasteiger partial charge on any atom is -0.383 e. The van der Waals surface area contributed by atoms with Crippen LogP contribution in [0.3, 0.4) is 0 Å². The number of nitrogens with one attached hydrogen (secondary N) is 1. The van der Waals surface area contributed by atoms with Crippen LogP contribution in [0.1, 0.15) is 50.8 Å². The zero-order chi connectivity index (χ0) is 27.5. The van der Waals surface area contributed by atoms with Crippen LogP contribution < -0.4 is 10.2 Å². The van der Waals surface area contributed by atoms with Crippen molar-refractivity contribution < 1.29 is 18.3 Å². The minimum atomic E-state index is -2.74. The van der Waals surface area contributed by atoms with Crippen molar-refractivity contribution in [3.05, 3.63) is 36.2 Å². The maximum atomic E-state index is 14.1. The van der Waals surface area contributed by atoms with Gasteiger partial charge in [-0.25, -0.2) is 13.8 Å². The maximum absolute atomic E-state index is 14.1. The Hall–Kier alpha value is -2.89. The van der Waals surface area contributed by atoms with Gasteiger partial charge in [0.1, 0.15) is 11.6 Å². The van der Waals surface area contributed by atoms with Crippen LogP contribution in [0.5, 0.6) is 0 Å². The fourth-order valence-corrected chi connectivity index (χ4v) is 6.60. The summed E-state index contributed by atoms with van der Waals surface area (Å²) in [6.45, 7) is 5.26. The quantitative estimate of drug-likeness (QED) is 0.408. The first-order chi connectivity index (χ1) is 19.6. The highest BCUT2D eigenvalue weighted by Crippen LogP contribution is 2.33. The van der Waals surface area contributed by atoms with Gasteiger partial charge in [-0.3, -0.25) is 9.47 Å². The standard InChI is InChI=1S/C29H39F2N7O2/c1-39-19-22-5-4-12-37(22)21-10-8-20(9-11-21)18-32-25-17-26(35-29(34-25)36-13-15-40-16-14-36)38-24-7-3-2-6-23(24)33-28(38)27(30)31/h2-3,6-7,17,20-22,27H,4-5,8-16,18-19H2,1H3,(H,32,34,35)/t20?,21?,22-/m0/s1. The molecule has 4 heterocycles. The van der Waals surface area contributed by atoms with Crippen molar-refractivity contribution in [3.63, 3.8) is 0 Å². The first-order valence-corrected chi connectivity index (χ1v) is 14.6. The molecule has 0 radical (unpaired) electrons. The Morgan fingerprint density at radius 3 is 2.60 bits per heavy atom. The van der Waals surface area contributed by atoms with E-state index in [-0.39, 0.29) is 5.82 Å². The van der Waals surface area contributed by atoms with Gasteiger partial charge in [0.2, 0.25) is 5.95 Å². The topological polar surface area (TPSA) is 80.6 Å². The summed E-state index contributed by atoms with van der Waals surface area (Å²) in [5.74, 6) is 1.78. The monoisotopic (exact) mass is 555 g/mol. The number of para-hydroxylation sites is 2. The molecule has 0 unspecified atom stereocenters. The lowest BCUT2D eigenvalue weighted by Crippen LogP contribution is -2.43. The summed E-state index contributed by atoms with van der Waals surface area (Å²) in [6, 6.07) is 10.1. The van der Waals surface area contributed by atoms with E-state index in [1.165, 1.54) is 36.8 Å². The lowest BCUT2D eigenvalue weighted by Gasteiger charge is -2.38. The lowest BCUT2D eigenvalue weighted by atomic mass is 9.85. The number of imidazole rings is 1. The fourth-order valence-electron chi connectivity index (χ4n) is 6.60. The van der Waals surface area contributed by atoms with Crippen molar-refractivity contribution >= 4 is 22.8 Å². The molecule has 1 saturated carbocycles. The second kappa shape index (κ2) is 12.3. The van der Waals surface area contributed by atoms with Gasteiger partial charge in [0.15, 0.2) is 5.82 Å². The third-order valence-electron chi connectivity index (χ3n) is 8.64. The van der Waals surface area contributed by atoms with Crippen LogP contribution in [0.2, 0.25) is 0 Å². The van der Waals surface area contributed by atoms with E-state index in [0.717, 1.165) is 26.0 Å². The number of alkyl halides is 2. The fraction of sp³-hybridized carbons (Fsp3) is 0.621. The highest BCUT2D eigenvalue weighted by atomic mass is 19.3. The zero-order valence-electron chi connectivity index (χ0n) is 23.1. The molecule has 0 spiro atoms. The first-order valence-electron chi connectivity index (χ1n) is 14.6. The van der Waals surface area contributed by atoms with E-state index in [1.807, 2.05) is 6.07 Å². The molecule has 2 aliphatic heterocycles. The summed E-state index contributed by atoms with van der Waals surface area (Å²) in [5, 5.41) is 3.54. The molecule has 0 amide bonds. The number of likely N-dealkylation sites (tertiary alicyclic amines) is 1. The highest BCUT2D eigenvalue weighted by molar-refractivity contribution is 5.78. The van der Waals surface area contributed by atoms with Gasteiger partial charge in [0.25, 0.3) is 6.43 Å². The molecule has 11 heteroatoms. The summed E-state index contributed by atoms with van der Waals surface area (Å²) in [6.07, 6.45) is 4.46. The van der Waals surface area contributed by atoms with Crippen molar-refractivity contribution in [1.82, 2.24) is 24.4 Å². The van der Waals surface area contributed by atoms with Gasteiger partial charge in [-0.1, -0.05) is 12.1 Å². The van der Waals surface area contributed by atoms with Gasteiger partial charge in [-0.15, -0.1) is 0 Å². The number of morpholine rings is 1. The number of fused-ring (bicyclic) bond motifs is 1. The Morgan fingerprint density at radius 2 is 1.82 bits per heavy atom. The second-order valence-corrected chi connectivity index (χ2v) is 11.2. The van der Waals surface area contributed by atoms with Gasteiger partial charge in [-0.05, 0) is 63.1 Å². The van der Waals surface area contributed by atoms with Crippen molar-refractivity contribution in [2.45, 2.75) is 57.0 Å². The average molecular weight is 556 g/mol. The average Bonchev–Trinajstić information content (AvgIpc) is 3.62. The van der Waals surface area contributed by atoms with Crippen LogP contribution in [0, 0.1) is 5.92 Å². The third kappa shape index (κ3) is 5.77. The molecular weight excluding hydrogens is 516 g/mol. The minimum absolute atomic E-state index is 0.314. The van der Waals surface area contributed by atoms with Crippen LogP contribution in [0.4, 0.5) is 20.5 Å². The molecule has 3 aromatic rings. The van der Waals surface area contributed by atoms with E-state index in [4.69, 9.17) is 19.4 Å². The number of hydrogen-bond acceptors (Lipinski definition) is 8. The van der Waals surface area contributed by atoms with Crippen LogP contribution >= 0.6 is 0 Å². The van der Waals surface area contributed by atoms with Crippen LogP contribution in [-0.2, 0) is 9.47 Å². The number of ether oxygens (including phenoxy) is 2. The third-order valence-corrected chi connectivity index (χ3v) is 8.64. The van der Waals surface area contributed by atoms with E-state index in [9.17, 15) is 8.78 Å². The SMILES string of the molecule is COC[C@@H]1CCCN1C1CCC(CNc2cc(-n3c(C(F)F)nc4ccccc43)nc(N3CCOCC3)n2)CC1. The maximum Gasteiger partial charge on any atom is 0.296 e. The summed E-state index contributed by atoms with van der Waals surface area (Å²) in [7, 11) is 1.80. The van der Waals surface area contributed by atoms with Crippen LogP contribution in [-0.4, -0.2) is 89.6 Å². The van der Waals surface area contributed by atoms with Crippen molar-refractivity contribution in [3.8, 4) is 5.82 Å². The van der Waals surface area contributed by atoms with E-state index in [1.54, 1.807) is 31.4 Å². The molecule has 9 nitrogen and oxygen atoms in total. The van der Waals surface area contributed by atoms with Crippen LogP contribution in [0.25, 0.3) is 16.9 Å². The molecule has 1 atom stereocenters. The molecule has 216 valence electrons. The number of rotatable bonds is 9. The molecule has 2 aromatic heterocycles. The number of nitrogens with zero attached hydrogens (tertiary/aromatic N) is 6. The molecule has 2 saturated heterocycles. The Morgan fingerprint density at radius 1 is 1.02 bits per heavy atom. The van der Waals surface area contributed by atoms with E-state index >= 15 is 0 Å². The van der Waals surface area contributed by atoms with Gasteiger partial charge < -0.3 is 19.7 Å². The predicted molar refractivity (Wildman–Crippen MR) is 150 cm³/mol. The predicted octanol–water partition coefficient (Wildman–Crippen LogP) is 4.67. The molecule has 1 aliphatic carbocycles. The van der Waals surface area contributed by atoms with Crippen molar-refractivity contribution in [1.29, 1.82) is 0 Å². The number of halogens is 2. The highest BCUT2D eigenvalue weighted by Gasteiger charge is 2.33. The molecule has 1 aromatic carbocycles. The Kier molecular flexibility index (Phi) is 8.40. The molecule has 1 N–H and O–H groups in total. The smallest absolute Gasteiger partial charge is 0.296 e. The molecule has 6 rings (SSSR count). The van der Waals surface area contributed by atoms with Gasteiger partial charge >= 0.3 is 0 Å². The number of methoxy groups -OCH3 is 1. The Balaban J connectivity index is 1.21. The number of anilines is 2. The summed E-state index contributed by atoms with van der Waals surface area (Å²) in [4.78, 5) is 18.5. The largest absolute Gasteiger partial charge is 0.383 e. The Bertz CT molecular complexity index is 1270. The zero-order valence-corrected chi connectivity index (χ0v) is 23.1. The number of hydrogen-bond donors (Lipinski definition) is 1. The van der Waals surface area contributed by atoms with Gasteiger partial charge in [0, 0.05) is 44.9 Å². The van der Waals surface area contributed by atoms with Gasteiger partial charge in [-0.2, -0.15) is 9.97 Å². The normalized spacial score (nSPS) is 24.3. The number of benzene rings is 1. The molecule has 3 aliphatic rings. The summed E-state index contributed by atoms with van der Waals surface area (Å²) >= 11 is 0. The lowest BCUT2D eigenvalue weighted by molar-refractivity contribution is 0.0688. The van der Waals surface area contributed by atoms with E-state index < -0.39 is 6.43 Å². The van der Waals surface area contributed by atoms with E-state index in [0.29, 0.717) is 72.9 Å². The second-order valence-electron chi connectivity index (χ2n) is 11.2. The summed E-state index contributed by atoms with van der Waals surface area (Å²) < 4.78 is 40.7. The van der Waals surface area contributed by atoms with E-state index in [2.05, 4.69) is 20.1 Å².